The summed E-state index contributed by atoms with van der Waals surface area (Å²) < 4.78 is 7.73. The van der Waals surface area contributed by atoms with E-state index in [1.165, 1.54) is 0 Å². The fourth-order valence-corrected chi connectivity index (χ4v) is 5.32. The van der Waals surface area contributed by atoms with Gasteiger partial charge in [-0.2, -0.15) is 10.4 Å². The van der Waals surface area contributed by atoms with E-state index >= 15 is 0 Å². The molecule has 0 spiro atoms. The van der Waals surface area contributed by atoms with Gasteiger partial charge >= 0.3 is 0 Å². The lowest BCUT2D eigenvalue weighted by molar-refractivity contribution is -0.141. The number of nitriles is 1. The van der Waals surface area contributed by atoms with E-state index in [4.69, 9.17) is 21.4 Å². The lowest BCUT2D eigenvalue weighted by Crippen LogP contribution is -2.42. The Balaban J connectivity index is 1.37. The average Bonchev–Trinajstić information content (AvgIpc) is 3.50. The molecule has 0 saturated heterocycles. The Kier molecular flexibility index (Phi) is 8.64. The highest BCUT2D eigenvalue weighted by Crippen LogP contribution is 2.32. The van der Waals surface area contributed by atoms with Crippen molar-refractivity contribution in [3.05, 3.63) is 153 Å². The summed E-state index contributed by atoms with van der Waals surface area (Å²) >= 11 is 6.00. The van der Waals surface area contributed by atoms with Gasteiger partial charge in [0.25, 0.3) is 11.8 Å². The SMILES string of the molecule is CC1=C(C#N)C(=O)N(Cc2ccc(C)cc2)C(=O)/C1=C/c1cn(-c2ccccc2)nc1-c1ccc(OCc2ccc(Cl)cc2)cc1. The summed E-state index contributed by atoms with van der Waals surface area (Å²) in [6.45, 7) is 4.05. The van der Waals surface area contributed by atoms with Crippen LogP contribution >= 0.6 is 11.6 Å². The van der Waals surface area contributed by atoms with Crippen molar-refractivity contribution in [2.75, 3.05) is 0 Å². The minimum absolute atomic E-state index is 0.0569. The second kappa shape index (κ2) is 13.1. The van der Waals surface area contributed by atoms with Crippen LogP contribution in [-0.2, 0) is 22.7 Å². The molecule has 8 heteroatoms. The largest absolute Gasteiger partial charge is 0.489 e. The molecule has 0 fully saturated rings. The van der Waals surface area contributed by atoms with Gasteiger partial charge < -0.3 is 4.74 Å². The summed E-state index contributed by atoms with van der Waals surface area (Å²) in [6.07, 6.45) is 3.56. The van der Waals surface area contributed by atoms with Crippen LogP contribution < -0.4 is 4.74 Å². The number of ether oxygens (including phenoxy) is 1. The fourth-order valence-electron chi connectivity index (χ4n) is 5.19. The van der Waals surface area contributed by atoms with Crippen LogP contribution in [0.1, 0.15) is 29.2 Å². The molecular weight excluding hydrogens is 596 g/mol. The van der Waals surface area contributed by atoms with E-state index in [1.54, 1.807) is 17.7 Å². The monoisotopic (exact) mass is 624 g/mol. The van der Waals surface area contributed by atoms with Crippen LogP contribution in [0, 0.1) is 18.3 Å². The number of nitrogens with zero attached hydrogens (tertiary/aromatic N) is 4. The molecule has 4 aromatic carbocycles. The number of carbonyl (C=O) groups excluding carboxylic acids is 2. The fraction of sp³-hybridized carbons (Fsp3) is 0.105. The third kappa shape index (κ3) is 6.39. The Morgan fingerprint density at radius 3 is 2.20 bits per heavy atom. The molecule has 0 atom stereocenters. The highest BCUT2D eigenvalue weighted by molar-refractivity contribution is 6.30. The first kappa shape index (κ1) is 30.3. The van der Waals surface area contributed by atoms with E-state index in [-0.39, 0.29) is 17.7 Å². The van der Waals surface area contributed by atoms with Crippen LogP contribution in [-0.4, -0.2) is 26.5 Å². The summed E-state index contributed by atoms with van der Waals surface area (Å²) in [5.41, 5.74) is 6.32. The summed E-state index contributed by atoms with van der Waals surface area (Å²) in [5, 5.41) is 15.5. The van der Waals surface area contributed by atoms with Gasteiger partial charge in [0.05, 0.1) is 17.9 Å². The number of aryl methyl sites for hydroxylation is 1. The quantitative estimate of drug-likeness (QED) is 0.129. The van der Waals surface area contributed by atoms with Crippen LogP contribution in [0.4, 0.5) is 0 Å². The summed E-state index contributed by atoms with van der Waals surface area (Å²) in [5.74, 6) is -0.380. The van der Waals surface area contributed by atoms with E-state index in [9.17, 15) is 14.9 Å². The van der Waals surface area contributed by atoms with Crippen LogP contribution in [0.5, 0.6) is 5.75 Å². The van der Waals surface area contributed by atoms with Gasteiger partial charge in [0.15, 0.2) is 0 Å². The van der Waals surface area contributed by atoms with Crippen LogP contribution in [0.25, 0.3) is 23.0 Å². The van der Waals surface area contributed by atoms with Crippen molar-refractivity contribution in [1.29, 1.82) is 5.26 Å². The molecule has 5 aromatic rings. The van der Waals surface area contributed by atoms with E-state index in [0.29, 0.717) is 34.2 Å². The smallest absolute Gasteiger partial charge is 0.271 e. The molecule has 2 heterocycles. The van der Waals surface area contributed by atoms with Crippen molar-refractivity contribution >= 4 is 29.5 Å². The first-order valence-corrected chi connectivity index (χ1v) is 15.1. The summed E-state index contributed by atoms with van der Waals surface area (Å²) in [6, 6.07) is 34.3. The molecule has 6 rings (SSSR count). The van der Waals surface area contributed by atoms with Crippen LogP contribution in [0.3, 0.4) is 0 Å². The number of aromatic nitrogens is 2. The Morgan fingerprint density at radius 2 is 1.52 bits per heavy atom. The number of benzene rings is 4. The first-order chi connectivity index (χ1) is 22.3. The Bertz CT molecular complexity index is 2020. The third-order valence-corrected chi connectivity index (χ3v) is 8.05. The zero-order valence-electron chi connectivity index (χ0n) is 25.3. The molecule has 0 unspecified atom stereocenters. The molecule has 46 heavy (non-hydrogen) atoms. The zero-order chi connectivity index (χ0) is 32.2. The van der Waals surface area contributed by atoms with Gasteiger partial charge in [-0.05, 0) is 85.2 Å². The topological polar surface area (TPSA) is 88.2 Å². The van der Waals surface area contributed by atoms with Gasteiger partial charge in [-0.3, -0.25) is 14.5 Å². The van der Waals surface area contributed by atoms with Gasteiger partial charge in [0.2, 0.25) is 0 Å². The predicted octanol–water partition coefficient (Wildman–Crippen LogP) is 7.87. The van der Waals surface area contributed by atoms with Crippen LogP contribution in [0.15, 0.2) is 126 Å². The predicted molar refractivity (Wildman–Crippen MR) is 178 cm³/mol. The molecule has 226 valence electrons. The number of rotatable bonds is 8. The highest BCUT2D eigenvalue weighted by atomic mass is 35.5. The molecule has 0 bridgehead atoms. The normalized spacial score (nSPS) is 14.1. The average molecular weight is 625 g/mol. The molecule has 1 aliphatic heterocycles. The minimum atomic E-state index is -0.600. The van der Waals surface area contributed by atoms with E-state index in [0.717, 1.165) is 32.8 Å². The maximum atomic E-state index is 13.9. The van der Waals surface area contributed by atoms with Gasteiger partial charge in [-0.25, -0.2) is 4.68 Å². The van der Waals surface area contributed by atoms with Crippen molar-refractivity contribution in [1.82, 2.24) is 14.7 Å². The number of halogens is 1. The van der Waals surface area contributed by atoms with Crippen molar-refractivity contribution in [3.8, 4) is 28.8 Å². The van der Waals surface area contributed by atoms with E-state index in [2.05, 4.69) is 0 Å². The van der Waals surface area contributed by atoms with Crippen LogP contribution in [0.2, 0.25) is 5.02 Å². The van der Waals surface area contributed by atoms with Gasteiger partial charge in [0.1, 0.15) is 24.0 Å². The van der Waals surface area contributed by atoms with Crippen molar-refractivity contribution < 1.29 is 14.3 Å². The van der Waals surface area contributed by atoms with Gasteiger partial charge in [0, 0.05) is 27.9 Å². The molecule has 0 aliphatic carbocycles. The molecular formula is C38H29ClN4O3. The Hall–Kier alpha value is -5.71. The molecule has 2 amide bonds. The molecule has 1 aromatic heterocycles. The summed E-state index contributed by atoms with van der Waals surface area (Å²) in [4.78, 5) is 28.3. The second-order valence-electron chi connectivity index (χ2n) is 11.0. The molecule has 0 saturated carbocycles. The number of hydrogen-bond acceptors (Lipinski definition) is 5. The van der Waals surface area contributed by atoms with Crippen molar-refractivity contribution in [2.45, 2.75) is 27.0 Å². The van der Waals surface area contributed by atoms with E-state index in [1.807, 2.05) is 122 Å². The standard InChI is InChI=1S/C38H29ClN4O3/c1-25-8-10-27(11-9-25)22-42-37(44)34(26(2)35(21-40)38(42)45)20-30-23-43(32-6-4-3-5-7-32)41-36(30)29-14-18-33(19-15-29)46-24-28-12-16-31(39)17-13-28/h3-20,23H,22,24H2,1-2H3/b34-20+. The Labute approximate surface area is 272 Å². The lowest BCUT2D eigenvalue weighted by Gasteiger charge is -2.27. The van der Waals surface area contributed by atoms with Gasteiger partial charge in [-0.15, -0.1) is 0 Å². The summed E-state index contributed by atoms with van der Waals surface area (Å²) in [7, 11) is 0. The first-order valence-electron chi connectivity index (χ1n) is 14.7. The maximum Gasteiger partial charge on any atom is 0.271 e. The minimum Gasteiger partial charge on any atom is -0.489 e. The second-order valence-corrected chi connectivity index (χ2v) is 11.4. The van der Waals surface area contributed by atoms with Crippen molar-refractivity contribution in [3.63, 3.8) is 0 Å². The molecule has 1 aliphatic rings. The van der Waals surface area contributed by atoms with Gasteiger partial charge in [-0.1, -0.05) is 71.8 Å². The third-order valence-electron chi connectivity index (χ3n) is 7.80. The number of para-hydroxylation sites is 1. The number of hydrogen-bond donors (Lipinski definition) is 0. The van der Waals surface area contributed by atoms with Crippen molar-refractivity contribution in [2.24, 2.45) is 0 Å². The maximum absolute atomic E-state index is 13.9. The lowest BCUT2D eigenvalue weighted by atomic mass is 9.93. The molecule has 0 radical (unpaired) electrons. The van der Waals surface area contributed by atoms with E-state index < -0.39 is 11.8 Å². The Morgan fingerprint density at radius 1 is 0.848 bits per heavy atom. The number of carbonyl (C=O) groups is 2. The number of amides is 2. The highest BCUT2D eigenvalue weighted by Gasteiger charge is 2.35. The molecule has 0 N–H and O–H groups in total. The number of imide groups is 1. The molecule has 7 nitrogen and oxygen atoms in total. The zero-order valence-corrected chi connectivity index (χ0v) is 26.0.